The van der Waals surface area contributed by atoms with Gasteiger partial charge in [0.05, 0.1) is 16.9 Å². The summed E-state index contributed by atoms with van der Waals surface area (Å²) < 4.78 is 1.60. The van der Waals surface area contributed by atoms with Crippen LogP contribution in [0, 0.1) is 0 Å². The highest BCUT2D eigenvalue weighted by Gasteiger charge is 2.04. The molecule has 0 bridgehead atoms. The lowest BCUT2D eigenvalue weighted by Gasteiger charge is -2.04. The van der Waals surface area contributed by atoms with Gasteiger partial charge in [-0.25, -0.2) is 4.68 Å². The summed E-state index contributed by atoms with van der Waals surface area (Å²) in [6, 6.07) is 9.15. The van der Waals surface area contributed by atoms with Crippen molar-refractivity contribution in [3.63, 3.8) is 0 Å². The molecule has 5 heteroatoms. The van der Waals surface area contributed by atoms with E-state index in [4.69, 9.17) is 17.3 Å². The largest absolute Gasteiger partial charge is 0.384 e. The molecule has 0 saturated heterocycles. The van der Waals surface area contributed by atoms with Gasteiger partial charge in [-0.3, -0.25) is 0 Å². The van der Waals surface area contributed by atoms with Gasteiger partial charge < -0.3 is 5.73 Å². The van der Waals surface area contributed by atoms with Crippen LogP contribution in [0.1, 0.15) is 0 Å². The number of hydrogen-bond donors (Lipinski definition) is 1. The van der Waals surface area contributed by atoms with E-state index in [1.165, 1.54) is 0 Å². The van der Waals surface area contributed by atoms with Gasteiger partial charge in [0.15, 0.2) is 0 Å². The Morgan fingerprint density at radius 1 is 1.21 bits per heavy atom. The number of halogens is 2. The van der Waals surface area contributed by atoms with E-state index in [1.807, 2.05) is 18.2 Å². The van der Waals surface area contributed by atoms with Gasteiger partial charge in [-0.1, -0.05) is 23.7 Å². The molecule has 14 heavy (non-hydrogen) atoms. The van der Waals surface area contributed by atoms with Gasteiger partial charge in [0.25, 0.3) is 0 Å². The molecule has 0 radical (unpaired) electrons. The van der Waals surface area contributed by atoms with E-state index in [2.05, 4.69) is 5.10 Å². The van der Waals surface area contributed by atoms with E-state index < -0.39 is 0 Å². The number of nitrogens with two attached hydrogens (primary N) is 1. The molecule has 0 fully saturated rings. The lowest BCUT2D eigenvalue weighted by molar-refractivity contribution is 0.891. The third kappa shape index (κ3) is 1.84. The summed E-state index contributed by atoms with van der Waals surface area (Å²) in [7, 11) is 0. The zero-order valence-electron chi connectivity index (χ0n) is 7.22. The standard InChI is InChI=1S/C9H8ClN3.ClH/c10-7-3-1-2-4-8(7)13-9(11)5-6-12-13;/h1-6H,11H2;1H. The maximum atomic E-state index is 5.97. The molecule has 0 spiro atoms. The smallest absolute Gasteiger partial charge is 0.127 e. The van der Waals surface area contributed by atoms with Crippen molar-refractivity contribution in [1.29, 1.82) is 0 Å². The molecule has 74 valence electrons. The van der Waals surface area contributed by atoms with Gasteiger partial charge in [-0.15, -0.1) is 12.4 Å². The third-order valence-corrected chi connectivity index (χ3v) is 2.07. The first kappa shape index (κ1) is 10.9. The second kappa shape index (κ2) is 4.35. The topological polar surface area (TPSA) is 43.8 Å². The van der Waals surface area contributed by atoms with Crippen molar-refractivity contribution in [2.75, 3.05) is 5.73 Å². The van der Waals surface area contributed by atoms with E-state index in [9.17, 15) is 0 Å². The minimum absolute atomic E-state index is 0. The maximum Gasteiger partial charge on any atom is 0.127 e. The molecule has 0 aliphatic carbocycles. The Morgan fingerprint density at radius 3 is 2.50 bits per heavy atom. The predicted octanol–water partition coefficient (Wildman–Crippen LogP) is 2.53. The van der Waals surface area contributed by atoms with Crippen LogP contribution in [0.5, 0.6) is 0 Å². The van der Waals surface area contributed by atoms with Gasteiger partial charge in [-0.2, -0.15) is 5.10 Å². The summed E-state index contributed by atoms with van der Waals surface area (Å²) >= 11 is 5.97. The average Bonchev–Trinajstić information content (AvgIpc) is 2.52. The Labute approximate surface area is 92.9 Å². The quantitative estimate of drug-likeness (QED) is 0.817. The van der Waals surface area contributed by atoms with Crippen LogP contribution in [0.25, 0.3) is 5.69 Å². The summed E-state index contributed by atoms with van der Waals surface area (Å²) in [6.07, 6.45) is 1.64. The Morgan fingerprint density at radius 2 is 1.93 bits per heavy atom. The molecule has 0 atom stereocenters. The first-order valence-electron chi connectivity index (χ1n) is 3.83. The van der Waals surface area contributed by atoms with E-state index in [0.29, 0.717) is 10.8 Å². The van der Waals surface area contributed by atoms with E-state index in [1.54, 1.807) is 23.0 Å². The second-order valence-electron chi connectivity index (χ2n) is 2.62. The van der Waals surface area contributed by atoms with Gasteiger partial charge in [0.2, 0.25) is 0 Å². The monoisotopic (exact) mass is 229 g/mol. The number of hydrogen-bond acceptors (Lipinski definition) is 2. The van der Waals surface area contributed by atoms with Crippen LogP contribution in [-0.2, 0) is 0 Å². The SMILES string of the molecule is Cl.Nc1ccnn1-c1ccccc1Cl. The van der Waals surface area contributed by atoms with Crippen LogP contribution < -0.4 is 5.73 Å². The lowest BCUT2D eigenvalue weighted by Crippen LogP contribution is -2.01. The average molecular weight is 230 g/mol. The lowest BCUT2D eigenvalue weighted by atomic mass is 10.3. The molecule has 2 aromatic rings. The summed E-state index contributed by atoms with van der Waals surface area (Å²) in [5.74, 6) is 0.577. The number of rotatable bonds is 1. The zero-order chi connectivity index (χ0) is 9.26. The van der Waals surface area contributed by atoms with Crippen LogP contribution in [0.2, 0.25) is 5.02 Å². The number of nitrogens with zero attached hydrogens (tertiary/aromatic N) is 2. The van der Waals surface area contributed by atoms with Crippen molar-refractivity contribution in [2.24, 2.45) is 0 Å². The minimum atomic E-state index is 0. The maximum absolute atomic E-state index is 5.97. The number of nitrogen functional groups attached to an aromatic ring is 1. The molecule has 1 aromatic carbocycles. The van der Waals surface area contributed by atoms with Crippen LogP contribution in [0.3, 0.4) is 0 Å². The van der Waals surface area contributed by atoms with E-state index in [0.717, 1.165) is 5.69 Å². The van der Waals surface area contributed by atoms with Crippen LogP contribution in [0.15, 0.2) is 36.5 Å². The summed E-state index contributed by atoms with van der Waals surface area (Å²) in [4.78, 5) is 0. The molecular formula is C9H9Cl2N3. The minimum Gasteiger partial charge on any atom is -0.384 e. The predicted molar refractivity (Wildman–Crippen MR) is 60.2 cm³/mol. The highest BCUT2D eigenvalue weighted by atomic mass is 35.5. The van der Waals surface area contributed by atoms with Gasteiger partial charge in [0.1, 0.15) is 5.82 Å². The second-order valence-corrected chi connectivity index (χ2v) is 3.03. The van der Waals surface area contributed by atoms with Gasteiger partial charge >= 0.3 is 0 Å². The Hall–Kier alpha value is -1.19. The number of para-hydroxylation sites is 1. The van der Waals surface area contributed by atoms with Crippen molar-refractivity contribution in [3.8, 4) is 5.69 Å². The fraction of sp³-hybridized carbons (Fsp3) is 0. The molecular weight excluding hydrogens is 221 g/mol. The molecule has 0 aliphatic rings. The van der Waals surface area contributed by atoms with Crippen molar-refractivity contribution >= 4 is 29.8 Å². The molecule has 0 unspecified atom stereocenters. The first-order chi connectivity index (χ1) is 6.29. The summed E-state index contributed by atoms with van der Waals surface area (Å²) in [5.41, 5.74) is 6.48. The molecule has 0 saturated carbocycles. The normalized spacial score (nSPS) is 9.50. The molecule has 1 aromatic heterocycles. The molecule has 0 amide bonds. The summed E-state index contributed by atoms with van der Waals surface area (Å²) in [6.45, 7) is 0. The summed E-state index contributed by atoms with van der Waals surface area (Å²) in [5, 5.41) is 4.69. The van der Waals surface area contributed by atoms with E-state index >= 15 is 0 Å². The number of benzene rings is 1. The highest BCUT2D eigenvalue weighted by Crippen LogP contribution is 2.20. The molecule has 2 rings (SSSR count). The Bertz CT molecular complexity index is 426. The van der Waals surface area contributed by atoms with Crippen molar-refractivity contribution in [3.05, 3.63) is 41.6 Å². The van der Waals surface area contributed by atoms with Gasteiger partial charge in [0, 0.05) is 6.07 Å². The number of anilines is 1. The molecule has 2 N–H and O–H groups in total. The highest BCUT2D eigenvalue weighted by molar-refractivity contribution is 6.32. The first-order valence-corrected chi connectivity index (χ1v) is 4.21. The molecule has 1 heterocycles. The van der Waals surface area contributed by atoms with Crippen LogP contribution in [0.4, 0.5) is 5.82 Å². The molecule has 3 nitrogen and oxygen atoms in total. The third-order valence-electron chi connectivity index (χ3n) is 1.75. The fourth-order valence-corrected chi connectivity index (χ4v) is 1.35. The Kier molecular flexibility index (Phi) is 3.38. The van der Waals surface area contributed by atoms with Crippen molar-refractivity contribution < 1.29 is 0 Å². The van der Waals surface area contributed by atoms with E-state index in [-0.39, 0.29) is 12.4 Å². The van der Waals surface area contributed by atoms with Crippen LogP contribution in [-0.4, -0.2) is 9.78 Å². The zero-order valence-corrected chi connectivity index (χ0v) is 8.79. The van der Waals surface area contributed by atoms with Crippen molar-refractivity contribution in [2.45, 2.75) is 0 Å². The van der Waals surface area contributed by atoms with Crippen LogP contribution >= 0.6 is 24.0 Å². The Balaban J connectivity index is 0.000000980. The molecule has 0 aliphatic heterocycles. The fourth-order valence-electron chi connectivity index (χ4n) is 1.14. The van der Waals surface area contributed by atoms with Crippen molar-refractivity contribution in [1.82, 2.24) is 9.78 Å². The van der Waals surface area contributed by atoms with Gasteiger partial charge in [-0.05, 0) is 12.1 Å². The number of aromatic nitrogens is 2.